The Morgan fingerprint density at radius 2 is 1.91 bits per heavy atom. The van der Waals surface area contributed by atoms with E-state index in [0.29, 0.717) is 17.2 Å². The molecule has 1 aromatic carbocycles. The van der Waals surface area contributed by atoms with Gasteiger partial charge in [-0.1, -0.05) is 6.07 Å². The van der Waals surface area contributed by atoms with Crippen LogP contribution in [0.5, 0.6) is 0 Å². The van der Waals surface area contributed by atoms with Crippen molar-refractivity contribution in [2.75, 3.05) is 7.11 Å². The van der Waals surface area contributed by atoms with Gasteiger partial charge in [0.25, 0.3) is 5.91 Å². The Bertz CT molecular complexity index is 749. The highest BCUT2D eigenvalue weighted by Gasteiger charge is 2.24. The Labute approximate surface area is 134 Å². The molecule has 1 aliphatic carbocycles. The van der Waals surface area contributed by atoms with Crippen LogP contribution in [0, 0.1) is 6.92 Å². The van der Waals surface area contributed by atoms with Crippen molar-refractivity contribution in [3.05, 3.63) is 53.2 Å². The number of rotatable bonds is 4. The maximum absolute atomic E-state index is 12.2. The molecule has 1 N–H and O–H groups in total. The molecule has 1 fully saturated rings. The average Bonchev–Trinajstić information content (AvgIpc) is 3.38. The van der Waals surface area contributed by atoms with Crippen LogP contribution in [-0.4, -0.2) is 30.0 Å². The molecular weight excluding hydrogens is 292 g/mol. The number of carbonyl (C=O) groups is 2. The quantitative estimate of drug-likeness (QED) is 0.882. The van der Waals surface area contributed by atoms with Gasteiger partial charge < -0.3 is 10.1 Å². The molecule has 0 atom stereocenters. The molecule has 0 aliphatic heterocycles. The highest BCUT2D eigenvalue weighted by molar-refractivity contribution is 5.96. The van der Waals surface area contributed by atoms with E-state index in [2.05, 4.69) is 15.0 Å². The topological polar surface area (TPSA) is 68.3 Å². The third kappa shape index (κ3) is 3.39. The summed E-state index contributed by atoms with van der Waals surface area (Å²) in [5, 5.41) is 2.98. The van der Waals surface area contributed by atoms with Gasteiger partial charge in [0, 0.05) is 23.4 Å². The first-order valence-electron chi connectivity index (χ1n) is 7.54. The average molecular weight is 310 g/mol. The smallest absolute Gasteiger partial charge is 0.339 e. The zero-order valence-corrected chi connectivity index (χ0v) is 13.1. The summed E-state index contributed by atoms with van der Waals surface area (Å²) < 4.78 is 4.67. The monoisotopic (exact) mass is 310 g/mol. The Morgan fingerprint density at radius 3 is 2.52 bits per heavy atom. The molecule has 1 saturated carbocycles. The first-order chi connectivity index (χ1) is 11.1. The molecule has 1 aliphatic rings. The van der Waals surface area contributed by atoms with Gasteiger partial charge in [-0.15, -0.1) is 0 Å². The van der Waals surface area contributed by atoms with E-state index in [0.717, 1.165) is 29.7 Å². The van der Waals surface area contributed by atoms with Crippen LogP contribution in [0.4, 0.5) is 0 Å². The molecular formula is C18H18N2O3. The second-order valence-electron chi connectivity index (χ2n) is 5.70. The zero-order valence-electron chi connectivity index (χ0n) is 13.1. The van der Waals surface area contributed by atoms with Crippen molar-refractivity contribution in [1.82, 2.24) is 10.3 Å². The highest BCUT2D eigenvalue weighted by Crippen LogP contribution is 2.24. The van der Waals surface area contributed by atoms with Crippen LogP contribution in [0.1, 0.15) is 39.1 Å². The van der Waals surface area contributed by atoms with Crippen LogP contribution in [0.2, 0.25) is 0 Å². The number of hydrogen-bond acceptors (Lipinski definition) is 4. The molecule has 1 heterocycles. The van der Waals surface area contributed by atoms with Crippen molar-refractivity contribution in [3.63, 3.8) is 0 Å². The van der Waals surface area contributed by atoms with Gasteiger partial charge in [0.15, 0.2) is 0 Å². The predicted octanol–water partition coefficient (Wildman–Crippen LogP) is 2.74. The van der Waals surface area contributed by atoms with E-state index in [9.17, 15) is 9.59 Å². The van der Waals surface area contributed by atoms with Crippen molar-refractivity contribution < 1.29 is 14.3 Å². The molecule has 0 spiro atoms. The second kappa shape index (κ2) is 6.20. The Balaban J connectivity index is 1.88. The van der Waals surface area contributed by atoms with E-state index in [1.54, 1.807) is 12.1 Å². The van der Waals surface area contributed by atoms with Crippen LogP contribution >= 0.6 is 0 Å². The van der Waals surface area contributed by atoms with Gasteiger partial charge >= 0.3 is 5.97 Å². The summed E-state index contributed by atoms with van der Waals surface area (Å²) in [5.74, 6) is -0.474. The summed E-state index contributed by atoms with van der Waals surface area (Å²) in [6.45, 7) is 1.97. The number of amides is 1. The summed E-state index contributed by atoms with van der Waals surface area (Å²) in [5.41, 5.74) is 3.64. The standard InChI is InChI=1S/C18H18N2O3/c1-11-3-4-12(17(21)20-14-6-7-14)9-15(11)16-8-5-13(10-19-16)18(22)23-2/h3-5,8-10,14H,6-7H2,1-2H3,(H,20,21). The number of esters is 1. The normalized spacial score (nSPS) is 13.5. The van der Waals surface area contributed by atoms with Crippen LogP contribution < -0.4 is 5.32 Å². The number of benzene rings is 1. The summed E-state index contributed by atoms with van der Waals surface area (Å²) in [6, 6.07) is 9.33. The van der Waals surface area contributed by atoms with Crippen LogP contribution in [-0.2, 0) is 4.74 Å². The minimum atomic E-state index is -0.418. The lowest BCUT2D eigenvalue weighted by Crippen LogP contribution is -2.25. The fourth-order valence-electron chi connectivity index (χ4n) is 2.33. The van der Waals surface area contributed by atoms with Gasteiger partial charge in [0.1, 0.15) is 0 Å². The zero-order chi connectivity index (χ0) is 16.4. The van der Waals surface area contributed by atoms with Crippen LogP contribution in [0.25, 0.3) is 11.3 Å². The molecule has 1 aromatic heterocycles. The van der Waals surface area contributed by atoms with Gasteiger partial charge in [-0.3, -0.25) is 9.78 Å². The van der Waals surface area contributed by atoms with Crippen molar-refractivity contribution in [1.29, 1.82) is 0 Å². The van der Waals surface area contributed by atoms with Crippen LogP contribution in [0.3, 0.4) is 0 Å². The number of nitrogens with zero attached hydrogens (tertiary/aromatic N) is 1. The highest BCUT2D eigenvalue weighted by atomic mass is 16.5. The second-order valence-corrected chi connectivity index (χ2v) is 5.70. The number of carbonyl (C=O) groups excluding carboxylic acids is 2. The third-order valence-electron chi connectivity index (χ3n) is 3.87. The molecule has 1 amide bonds. The SMILES string of the molecule is COC(=O)c1ccc(-c2cc(C(=O)NC3CC3)ccc2C)nc1. The van der Waals surface area contributed by atoms with E-state index in [4.69, 9.17) is 0 Å². The molecule has 118 valence electrons. The van der Waals surface area contributed by atoms with Gasteiger partial charge in [-0.2, -0.15) is 0 Å². The van der Waals surface area contributed by atoms with Gasteiger partial charge in [0.05, 0.1) is 18.4 Å². The predicted molar refractivity (Wildman–Crippen MR) is 86.2 cm³/mol. The van der Waals surface area contributed by atoms with Crippen LogP contribution in [0.15, 0.2) is 36.5 Å². The minimum absolute atomic E-state index is 0.0556. The summed E-state index contributed by atoms with van der Waals surface area (Å²) in [6.07, 6.45) is 3.60. The van der Waals surface area contributed by atoms with Crippen molar-refractivity contribution in [2.24, 2.45) is 0 Å². The first-order valence-corrected chi connectivity index (χ1v) is 7.54. The number of aryl methyl sites for hydroxylation is 1. The number of ether oxygens (including phenoxy) is 1. The maximum atomic E-state index is 12.2. The van der Waals surface area contributed by atoms with Gasteiger partial charge in [-0.25, -0.2) is 4.79 Å². The minimum Gasteiger partial charge on any atom is -0.465 e. The lowest BCUT2D eigenvalue weighted by Gasteiger charge is -2.09. The number of pyridine rings is 1. The fourth-order valence-corrected chi connectivity index (χ4v) is 2.33. The van der Waals surface area contributed by atoms with E-state index in [-0.39, 0.29) is 5.91 Å². The van der Waals surface area contributed by atoms with E-state index in [1.807, 2.05) is 25.1 Å². The van der Waals surface area contributed by atoms with Crippen molar-refractivity contribution >= 4 is 11.9 Å². The Hall–Kier alpha value is -2.69. The van der Waals surface area contributed by atoms with E-state index >= 15 is 0 Å². The fraction of sp³-hybridized carbons (Fsp3) is 0.278. The molecule has 23 heavy (non-hydrogen) atoms. The molecule has 0 unspecified atom stereocenters. The lowest BCUT2D eigenvalue weighted by atomic mass is 10.0. The molecule has 3 rings (SSSR count). The molecule has 5 heteroatoms. The van der Waals surface area contributed by atoms with Crippen molar-refractivity contribution in [2.45, 2.75) is 25.8 Å². The Morgan fingerprint density at radius 1 is 1.17 bits per heavy atom. The van der Waals surface area contributed by atoms with Gasteiger partial charge in [0.2, 0.25) is 0 Å². The van der Waals surface area contributed by atoms with Crippen molar-refractivity contribution in [3.8, 4) is 11.3 Å². The number of aromatic nitrogens is 1. The van der Waals surface area contributed by atoms with E-state index in [1.165, 1.54) is 13.3 Å². The largest absolute Gasteiger partial charge is 0.465 e. The maximum Gasteiger partial charge on any atom is 0.339 e. The number of nitrogens with one attached hydrogen (secondary N) is 1. The number of hydrogen-bond donors (Lipinski definition) is 1. The Kier molecular flexibility index (Phi) is 4.10. The first kappa shape index (κ1) is 15.2. The molecule has 0 radical (unpaired) electrons. The molecule has 5 nitrogen and oxygen atoms in total. The lowest BCUT2D eigenvalue weighted by molar-refractivity contribution is 0.0600. The third-order valence-corrected chi connectivity index (χ3v) is 3.87. The molecule has 0 saturated heterocycles. The summed E-state index contributed by atoms with van der Waals surface area (Å²) in [4.78, 5) is 28.0. The summed E-state index contributed by atoms with van der Waals surface area (Å²) in [7, 11) is 1.34. The van der Waals surface area contributed by atoms with E-state index < -0.39 is 5.97 Å². The molecule has 0 bridgehead atoms. The number of methoxy groups -OCH3 is 1. The van der Waals surface area contributed by atoms with Gasteiger partial charge in [-0.05, 0) is 49.6 Å². The molecule has 2 aromatic rings. The summed E-state index contributed by atoms with van der Waals surface area (Å²) >= 11 is 0.